The number of halogens is 1. The van der Waals surface area contributed by atoms with Gasteiger partial charge in [-0.15, -0.1) is 0 Å². The Bertz CT molecular complexity index is 270. The van der Waals surface area contributed by atoms with Crippen LogP contribution in [0.4, 0.5) is 0 Å². The van der Waals surface area contributed by atoms with Gasteiger partial charge in [-0.3, -0.25) is 4.79 Å². The molecule has 17 heavy (non-hydrogen) atoms. The SMILES string of the molecule is CCOC(=O)C1CCCCCCC(Br)C(=O)N1. The fourth-order valence-corrected chi connectivity index (χ4v) is 2.37. The number of alkyl halides is 1. The van der Waals surface area contributed by atoms with Crippen molar-refractivity contribution >= 4 is 27.8 Å². The van der Waals surface area contributed by atoms with Gasteiger partial charge in [-0.1, -0.05) is 41.6 Å². The molecule has 1 aliphatic rings. The summed E-state index contributed by atoms with van der Waals surface area (Å²) in [5.74, 6) is -0.425. The highest BCUT2D eigenvalue weighted by Gasteiger charge is 2.25. The van der Waals surface area contributed by atoms with Gasteiger partial charge >= 0.3 is 5.97 Å². The molecule has 1 rings (SSSR count). The predicted molar refractivity (Wildman–Crippen MR) is 69.0 cm³/mol. The minimum absolute atomic E-state index is 0.107. The molecule has 2 atom stereocenters. The molecule has 1 saturated heterocycles. The van der Waals surface area contributed by atoms with Gasteiger partial charge in [0.2, 0.25) is 5.91 Å². The lowest BCUT2D eigenvalue weighted by molar-refractivity contribution is -0.147. The molecule has 1 amide bonds. The smallest absolute Gasteiger partial charge is 0.328 e. The number of hydrogen-bond acceptors (Lipinski definition) is 3. The fraction of sp³-hybridized carbons (Fsp3) is 0.833. The van der Waals surface area contributed by atoms with Crippen molar-refractivity contribution in [3.63, 3.8) is 0 Å². The molecule has 1 aliphatic heterocycles. The van der Waals surface area contributed by atoms with Crippen LogP contribution in [0.5, 0.6) is 0 Å². The van der Waals surface area contributed by atoms with Crippen LogP contribution >= 0.6 is 15.9 Å². The molecule has 0 saturated carbocycles. The Balaban J connectivity index is 2.59. The molecular weight excluding hydrogens is 286 g/mol. The van der Waals surface area contributed by atoms with E-state index in [1.54, 1.807) is 6.92 Å². The zero-order valence-corrected chi connectivity index (χ0v) is 11.8. The van der Waals surface area contributed by atoms with Gasteiger partial charge in [0.15, 0.2) is 0 Å². The normalized spacial score (nSPS) is 27.1. The third-order valence-electron chi connectivity index (χ3n) is 2.87. The molecule has 0 aliphatic carbocycles. The van der Waals surface area contributed by atoms with Crippen LogP contribution in [-0.4, -0.2) is 29.4 Å². The summed E-state index contributed by atoms with van der Waals surface area (Å²) >= 11 is 3.35. The summed E-state index contributed by atoms with van der Waals surface area (Å²) in [4.78, 5) is 23.2. The van der Waals surface area contributed by atoms with Gasteiger partial charge in [-0.05, 0) is 19.8 Å². The summed E-state index contributed by atoms with van der Waals surface area (Å²) in [6, 6.07) is -0.486. The van der Waals surface area contributed by atoms with Crippen molar-refractivity contribution in [2.24, 2.45) is 0 Å². The van der Waals surface area contributed by atoms with E-state index >= 15 is 0 Å². The first-order valence-electron chi connectivity index (χ1n) is 6.26. The minimum Gasteiger partial charge on any atom is -0.464 e. The van der Waals surface area contributed by atoms with Crippen molar-refractivity contribution in [3.05, 3.63) is 0 Å². The Morgan fingerprint density at radius 1 is 1.35 bits per heavy atom. The van der Waals surface area contributed by atoms with E-state index in [1.807, 2.05) is 0 Å². The Morgan fingerprint density at radius 2 is 2.00 bits per heavy atom. The second kappa shape index (κ2) is 7.69. The van der Waals surface area contributed by atoms with Crippen molar-refractivity contribution < 1.29 is 14.3 Å². The van der Waals surface area contributed by atoms with Gasteiger partial charge in [0, 0.05) is 0 Å². The van der Waals surface area contributed by atoms with Crippen LogP contribution in [0.3, 0.4) is 0 Å². The molecule has 0 bridgehead atoms. The van der Waals surface area contributed by atoms with Gasteiger partial charge in [0.05, 0.1) is 11.4 Å². The average Bonchev–Trinajstić information content (AvgIpc) is 2.31. The molecule has 4 nitrogen and oxygen atoms in total. The molecule has 0 aromatic rings. The van der Waals surface area contributed by atoms with Crippen LogP contribution in [0.2, 0.25) is 0 Å². The lowest BCUT2D eigenvalue weighted by Gasteiger charge is -2.20. The predicted octanol–water partition coefficient (Wildman–Crippen LogP) is 2.15. The van der Waals surface area contributed by atoms with Crippen molar-refractivity contribution in [2.75, 3.05) is 6.61 Å². The second-order valence-electron chi connectivity index (χ2n) is 4.27. The van der Waals surface area contributed by atoms with E-state index in [0.29, 0.717) is 13.0 Å². The van der Waals surface area contributed by atoms with E-state index in [9.17, 15) is 9.59 Å². The van der Waals surface area contributed by atoms with Crippen molar-refractivity contribution in [1.29, 1.82) is 0 Å². The monoisotopic (exact) mass is 305 g/mol. The molecule has 0 aromatic heterocycles. The molecule has 2 unspecified atom stereocenters. The van der Waals surface area contributed by atoms with Crippen molar-refractivity contribution in [1.82, 2.24) is 5.32 Å². The molecule has 98 valence electrons. The standard InChI is InChI=1S/C12H20BrNO3/c1-2-17-12(16)10-8-6-4-3-5-7-9(13)11(15)14-10/h9-10H,2-8H2,1H3,(H,14,15). The summed E-state index contributed by atoms with van der Waals surface area (Å²) in [6.07, 6.45) is 5.71. The van der Waals surface area contributed by atoms with Gasteiger partial charge in [0.1, 0.15) is 6.04 Å². The first kappa shape index (κ1) is 14.5. The van der Waals surface area contributed by atoms with Crippen molar-refractivity contribution in [2.45, 2.75) is 56.3 Å². The minimum atomic E-state index is -0.486. The molecular formula is C12H20BrNO3. The molecule has 1 N–H and O–H groups in total. The molecule has 0 spiro atoms. The maximum atomic E-state index is 11.8. The Kier molecular flexibility index (Phi) is 6.55. The van der Waals surface area contributed by atoms with E-state index in [-0.39, 0.29) is 16.7 Å². The van der Waals surface area contributed by atoms with Gasteiger partial charge in [-0.25, -0.2) is 4.79 Å². The fourth-order valence-electron chi connectivity index (χ4n) is 1.91. The second-order valence-corrected chi connectivity index (χ2v) is 5.38. The number of rotatable bonds is 2. The van der Waals surface area contributed by atoms with E-state index in [2.05, 4.69) is 21.2 Å². The largest absolute Gasteiger partial charge is 0.464 e. The quantitative estimate of drug-likeness (QED) is 0.628. The topological polar surface area (TPSA) is 55.4 Å². The Morgan fingerprint density at radius 3 is 2.65 bits per heavy atom. The number of hydrogen-bond donors (Lipinski definition) is 1. The Labute approximate surface area is 111 Å². The van der Waals surface area contributed by atoms with Crippen LogP contribution in [0.1, 0.15) is 45.4 Å². The molecule has 0 aromatic carbocycles. The van der Waals surface area contributed by atoms with Crippen LogP contribution in [0.15, 0.2) is 0 Å². The third-order valence-corrected chi connectivity index (χ3v) is 3.75. The number of nitrogens with one attached hydrogen (secondary N) is 1. The van der Waals surface area contributed by atoms with Crippen LogP contribution in [0, 0.1) is 0 Å². The maximum absolute atomic E-state index is 11.8. The van der Waals surface area contributed by atoms with Crippen LogP contribution in [0.25, 0.3) is 0 Å². The lowest BCUT2D eigenvalue weighted by atomic mass is 10.0. The summed E-state index contributed by atoms with van der Waals surface area (Å²) < 4.78 is 4.96. The van der Waals surface area contributed by atoms with Crippen molar-refractivity contribution in [3.8, 4) is 0 Å². The number of carbonyl (C=O) groups excluding carboxylic acids is 2. The van der Waals surface area contributed by atoms with Gasteiger partial charge < -0.3 is 10.1 Å². The summed E-state index contributed by atoms with van der Waals surface area (Å²) in [5, 5.41) is 2.76. The highest BCUT2D eigenvalue weighted by molar-refractivity contribution is 9.10. The number of amides is 1. The first-order valence-corrected chi connectivity index (χ1v) is 7.17. The summed E-state index contributed by atoms with van der Waals surface area (Å²) in [6.45, 7) is 2.12. The average molecular weight is 306 g/mol. The van der Waals surface area contributed by atoms with E-state index < -0.39 is 6.04 Å². The zero-order valence-electron chi connectivity index (χ0n) is 10.2. The maximum Gasteiger partial charge on any atom is 0.328 e. The lowest BCUT2D eigenvalue weighted by Crippen LogP contribution is -2.45. The Hall–Kier alpha value is -0.580. The molecule has 0 radical (unpaired) electrons. The highest BCUT2D eigenvalue weighted by Crippen LogP contribution is 2.16. The molecule has 1 fully saturated rings. The van der Waals surface area contributed by atoms with Crippen LogP contribution in [-0.2, 0) is 14.3 Å². The van der Waals surface area contributed by atoms with E-state index in [0.717, 1.165) is 32.1 Å². The van der Waals surface area contributed by atoms with Gasteiger partial charge in [-0.2, -0.15) is 0 Å². The van der Waals surface area contributed by atoms with E-state index in [4.69, 9.17) is 4.74 Å². The van der Waals surface area contributed by atoms with E-state index in [1.165, 1.54) is 0 Å². The number of carbonyl (C=O) groups is 2. The third kappa shape index (κ3) is 5.06. The molecule has 1 heterocycles. The molecule has 5 heteroatoms. The summed E-state index contributed by atoms with van der Waals surface area (Å²) in [7, 11) is 0. The van der Waals surface area contributed by atoms with Crippen LogP contribution < -0.4 is 5.32 Å². The summed E-state index contributed by atoms with van der Waals surface area (Å²) in [5.41, 5.74) is 0. The first-order chi connectivity index (χ1) is 8.15. The number of esters is 1. The van der Waals surface area contributed by atoms with Gasteiger partial charge in [0.25, 0.3) is 0 Å². The highest BCUT2D eigenvalue weighted by atomic mass is 79.9. The zero-order chi connectivity index (χ0) is 12.7. The number of ether oxygens (including phenoxy) is 1.